The molecule has 5 nitrogen and oxygen atoms in total. The van der Waals surface area contributed by atoms with Crippen LogP contribution in [0.25, 0.3) is 0 Å². The molecular formula is C18H25ClIN5. The van der Waals surface area contributed by atoms with E-state index in [2.05, 4.69) is 28.4 Å². The van der Waals surface area contributed by atoms with Crippen LogP contribution in [0.15, 0.2) is 41.7 Å². The van der Waals surface area contributed by atoms with Crippen molar-refractivity contribution in [2.24, 2.45) is 12.0 Å². The van der Waals surface area contributed by atoms with Crippen molar-refractivity contribution >= 4 is 41.5 Å². The van der Waals surface area contributed by atoms with Gasteiger partial charge in [0.2, 0.25) is 0 Å². The monoisotopic (exact) mass is 473 g/mol. The maximum atomic E-state index is 5.94. The third-order valence-corrected chi connectivity index (χ3v) is 4.60. The Balaban J connectivity index is 0.00000225. The topological polar surface area (TPSA) is 45.5 Å². The van der Waals surface area contributed by atoms with Crippen LogP contribution >= 0.6 is 35.6 Å². The smallest absolute Gasteiger partial charge is 0.194 e. The number of aryl methyl sites for hydroxylation is 1. The first-order chi connectivity index (χ1) is 11.7. The van der Waals surface area contributed by atoms with Crippen molar-refractivity contribution in [1.29, 1.82) is 0 Å². The molecule has 1 aromatic carbocycles. The van der Waals surface area contributed by atoms with Crippen LogP contribution < -0.4 is 5.32 Å². The number of aliphatic imine (C=N–C) groups is 1. The molecule has 1 aromatic heterocycles. The molecule has 136 valence electrons. The largest absolute Gasteiger partial charge is 0.357 e. The van der Waals surface area contributed by atoms with Gasteiger partial charge in [0, 0.05) is 43.8 Å². The molecule has 2 aromatic rings. The summed E-state index contributed by atoms with van der Waals surface area (Å²) in [5, 5.41) is 8.46. The summed E-state index contributed by atoms with van der Waals surface area (Å²) in [4.78, 5) is 7.14. The summed E-state index contributed by atoms with van der Waals surface area (Å²) in [7, 11) is 1.97. The Morgan fingerprint density at radius 2 is 2.12 bits per heavy atom. The molecule has 0 bridgehead atoms. The van der Waals surface area contributed by atoms with E-state index in [1.807, 2.05) is 42.2 Å². The molecule has 0 radical (unpaired) electrons. The van der Waals surface area contributed by atoms with E-state index in [4.69, 9.17) is 16.6 Å². The fourth-order valence-electron chi connectivity index (χ4n) is 3.06. The Morgan fingerprint density at radius 1 is 1.36 bits per heavy atom. The first-order valence-electron chi connectivity index (χ1n) is 8.42. The van der Waals surface area contributed by atoms with Crippen molar-refractivity contribution in [3.05, 3.63) is 52.8 Å². The number of hydrogen-bond acceptors (Lipinski definition) is 2. The number of benzene rings is 1. The van der Waals surface area contributed by atoms with Gasteiger partial charge in [-0.05, 0) is 36.6 Å². The minimum absolute atomic E-state index is 0. The minimum Gasteiger partial charge on any atom is -0.357 e. The molecule has 0 spiro atoms. The van der Waals surface area contributed by atoms with Gasteiger partial charge in [0.25, 0.3) is 0 Å². The first kappa shape index (κ1) is 20.0. The highest BCUT2D eigenvalue weighted by molar-refractivity contribution is 14.0. The molecular weight excluding hydrogens is 449 g/mol. The van der Waals surface area contributed by atoms with Crippen molar-refractivity contribution in [3.8, 4) is 0 Å². The third-order valence-electron chi connectivity index (χ3n) is 4.34. The molecule has 2 heterocycles. The Morgan fingerprint density at radius 3 is 2.76 bits per heavy atom. The average molecular weight is 474 g/mol. The zero-order valence-corrected chi connectivity index (χ0v) is 17.7. The fourth-order valence-corrected chi connectivity index (χ4v) is 3.18. The lowest BCUT2D eigenvalue weighted by atomic mass is 10.0. The molecule has 0 saturated carbocycles. The molecule has 1 N–H and O–H groups in total. The van der Waals surface area contributed by atoms with Gasteiger partial charge < -0.3 is 10.2 Å². The number of guanidine groups is 1. The highest BCUT2D eigenvalue weighted by Gasteiger charge is 2.26. The Hall–Kier alpha value is -1.28. The molecule has 0 amide bonds. The second kappa shape index (κ2) is 9.43. The maximum Gasteiger partial charge on any atom is 0.194 e. The van der Waals surface area contributed by atoms with Gasteiger partial charge >= 0.3 is 0 Å². The molecule has 7 heteroatoms. The standard InChI is InChI=1S/C18H24ClN5.HI/c1-3-20-18(21-10-14-4-6-17(19)7-5-14)24-9-8-15(13-24)16-11-22-23(2)12-16;/h4-7,11-12,15H,3,8-10,13H2,1-2H3,(H,20,21);1H. The highest BCUT2D eigenvalue weighted by atomic mass is 127. The molecule has 1 fully saturated rings. The first-order valence-corrected chi connectivity index (χ1v) is 8.79. The van der Waals surface area contributed by atoms with Crippen LogP contribution in [-0.2, 0) is 13.6 Å². The van der Waals surface area contributed by atoms with Gasteiger partial charge in [-0.1, -0.05) is 23.7 Å². The summed E-state index contributed by atoms with van der Waals surface area (Å²) in [6.45, 7) is 5.64. The van der Waals surface area contributed by atoms with Crippen LogP contribution in [-0.4, -0.2) is 40.3 Å². The summed E-state index contributed by atoms with van der Waals surface area (Å²) < 4.78 is 1.87. The maximum absolute atomic E-state index is 5.94. The minimum atomic E-state index is 0. The number of nitrogens with one attached hydrogen (secondary N) is 1. The molecule has 1 atom stereocenters. The van der Waals surface area contributed by atoms with Crippen molar-refractivity contribution < 1.29 is 0 Å². The molecule has 1 aliphatic heterocycles. The van der Waals surface area contributed by atoms with Crippen molar-refractivity contribution in [2.45, 2.75) is 25.8 Å². The summed E-state index contributed by atoms with van der Waals surface area (Å²) in [5.41, 5.74) is 2.48. The van der Waals surface area contributed by atoms with Gasteiger partial charge in [0.05, 0.1) is 12.7 Å². The number of aromatic nitrogens is 2. The van der Waals surface area contributed by atoms with Gasteiger partial charge in [0.1, 0.15) is 0 Å². The number of rotatable bonds is 4. The van der Waals surface area contributed by atoms with E-state index in [-0.39, 0.29) is 24.0 Å². The van der Waals surface area contributed by atoms with Crippen LogP contribution in [0, 0.1) is 0 Å². The van der Waals surface area contributed by atoms with Gasteiger partial charge in [-0.2, -0.15) is 5.10 Å². The number of hydrogen-bond donors (Lipinski definition) is 1. The van der Waals surface area contributed by atoms with E-state index in [1.165, 1.54) is 5.56 Å². The summed E-state index contributed by atoms with van der Waals surface area (Å²) in [6.07, 6.45) is 5.23. The van der Waals surface area contributed by atoms with E-state index in [0.717, 1.165) is 42.6 Å². The van der Waals surface area contributed by atoms with Crippen LogP contribution in [0.3, 0.4) is 0 Å². The second-order valence-corrected chi connectivity index (χ2v) is 6.61. The van der Waals surface area contributed by atoms with Gasteiger partial charge in [-0.3, -0.25) is 4.68 Å². The van der Waals surface area contributed by atoms with Crippen LogP contribution in [0.5, 0.6) is 0 Å². The van der Waals surface area contributed by atoms with Crippen LogP contribution in [0.4, 0.5) is 0 Å². The zero-order chi connectivity index (χ0) is 16.9. The van der Waals surface area contributed by atoms with Gasteiger partial charge in [-0.15, -0.1) is 24.0 Å². The molecule has 1 saturated heterocycles. The van der Waals surface area contributed by atoms with Crippen LogP contribution in [0.1, 0.15) is 30.4 Å². The fraction of sp³-hybridized carbons (Fsp3) is 0.444. The number of halogens is 2. The van der Waals surface area contributed by atoms with Crippen LogP contribution in [0.2, 0.25) is 5.02 Å². The van der Waals surface area contributed by atoms with Crippen molar-refractivity contribution in [1.82, 2.24) is 20.0 Å². The second-order valence-electron chi connectivity index (χ2n) is 6.18. The van der Waals surface area contributed by atoms with Gasteiger partial charge in [0.15, 0.2) is 5.96 Å². The van der Waals surface area contributed by atoms with E-state index in [0.29, 0.717) is 12.5 Å². The summed E-state index contributed by atoms with van der Waals surface area (Å²) in [6, 6.07) is 7.87. The van der Waals surface area contributed by atoms with E-state index in [9.17, 15) is 0 Å². The lowest BCUT2D eigenvalue weighted by Crippen LogP contribution is -2.40. The van der Waals surface area contributed by atoms with Gasteiger partial charge in [-0.25, -0.2) is 4.99 Å². The van der Waals surface area contributed by atoms with Crippen molar-refractivity contribution in [3.63, 3.8) is 0 Å². The molecule has 0 aliphatic carbocycles. The van der Waals surface area contributed by atoms with E-state index in [1.54, 1.807) is 0 Å². The number of likely N-dealkylation sites (tertiary alicyclic amines) is 1. The van der Waals surface area contributed by atoms with E-state index < -0.39 is 0 Å². The Labute approximate surface area is 171 Å². The quantitative estimate of drug-likeness (QED) is 0.419. The normalized spacial score (nSPS) is 17.5. The lowest BCUT2D eigenvalue weighted by molar-refractivity contribution is 0.486. The lowest BCUT2D eigenvalue weighted by Gasteiger charge is -2.21. The molecule has 1 unspecified atom stereocenters. The zero-order valence-electron chi connectivity index (χ0n) is 14.7. The molecule has 1 aliphatic rings. The summed E-state index contributed by atoms with van der Waals surface area (Å²) >= 11 is 5.94. The highest BCUT2D eigenvalue weighted by Crippen LogP contribution is 2.26. The van der Waals surface area contributed by atoms with Crippen molar-refractivity contribution in [2.75, 3.05) is 19.6 Å². The Bertz CT molecular complexity index is 698. The predicted molar refractivity (Wildman–Crippen MR) is 114 cm³/mol. The predicted octanol–water partition coefficient (Wildman–Crippen LogP) is 3.65. The average Bonchev–Trinajstić information content (AvgIpc) is 3.22. The molecule has 3 rings (SSSR count). The number of nitrogens with zero attached hydrogens (tertiary/aromatic N) is 4. The third kappa shape index (κ3) is 5.34. The SMILES string of the molecule is CCNC(=NCc1ccc(Cl)cc1)N1CCC(c2cnn(C)c2)C1.I. The molecule has 25 heavy (non-hydrogen) atoms. The Kier molecular flexibility index (Phi) is 7.56. The van der Waals surface area contributed by atoms with E-state index >= 15 is 0 Å². The summed E-state index contributed by atoms with van der Waals surface area (Å²) in [5.74, 6) is 1.51.